The molecule has 1 saturated heterocycles. The first-order valence-electron chi connectivity index (χ1n) is 9.14. The Morgan fingerprint density at radius 2 is 2.00 bits per heavy atom. The van der Waals surface area contributed by atoms with Crippen LogP contribution in [0, 0.1) is 6.92 Å². The average Bonchev–Trinajstić information content (AvgIpc) is 3.28. The number of aromatic nitrogens is 3. The maximum absolute atomic E-state index is 12.4. The van der Waals surface area contributed by atoms with Crippen molar-refractivity contribution in [3.63, 3.8) is 0 Å². The second kappa shape index (κ2) is 7.03. The summed E-state index contributed by atoms with van der Waals surface area (Å²) in [6, 6.07) is 1.74. The average molecular weight is 357 g/mol. The number of hydrogen-bond donors (Lipinski definition) is 0. The molecule has 138 valence electrons. The summed E-state index contributed by atoms with van der Waals surface area (Å²) >= 11 is 0. The van der Waals surface area contributed by atoms with Gasteiger partial charge in [0.25, 0.3) is 11.5 Å². The number of hydrogen-bond acceptors (Lipinski definition) is 6. The Morgan fingerprint density at radius 3 is 2.73 bits per heavy atom. The third-order valence-electron chi connectivity index (χ3n) is 5.15. The van der Waals surface area contributed by atoms with Crippen LogP contribution in [0.2, 0.25) is 0 Å². The SMILES string of the molecule is Cc1nc(C(=O)N2CCN(CCn3nc4c(cc3=O)CCC4)CC2)co1. The van der Waals surface area contributed by atoms with E-state index in [1.165, 1.54) is 6.26 Å². The van der Waals surface area contributed by atoms with Crippen LogP contribution in [0.25, 0.3) is 0 Å². The maximum Gasteiger partial charge on any atom is 0.275 e. The lowest BCUT2D eigenvalue weighted by Crippen LogP contribution is -2.49. The van der Waals surface area contributed by atoms with E-state index < -0.39 is 0 Å². The predicted molar refractivity (Wildman–Crippen MR) is 94.1 cm³/mol. The Hall–Kier alpha value is -2.48. The lowest BCUT2D eigenvalue weighted by Gasteiger charge is -2.34. The molecule has 1 amide bonds. The molecule has 1 aliphatic heterocycles. The molecule has 0 spiro atoms. The fourth-order valence-electron chi connectivity index (χ4n) is 3.63. The van der Waals surface area contributed by atoms with Crippen molar-refractivity contribution in [1.29, 1.82) is 0 Å². The largest absolute Gasteiger partial charge is 0.448 e. The number of oxazole rings is 1. The molecular weight excluding hydrogens is 334 g/mol. The van der Waals surface area contributed by atoms with Crippen LogP contribution in [-0.4, -0.2) is 63.2 Å². The van der Waals surface area contributed by atoms with E-state index in [1.54, 1.807) is 22.6 Å². The van der Waals surface area contributed by atoms with Crippen molar-refractivity contribution in [3.8, 4) is 0 Å². The summed E-state index contributed by atoms with van der Waals surface area (Å²) in [6.45, 7) is 5.93. The molecule has 8 heteroatoms. The molecular formula is C18H23N5O3. The first kappa shape index (κ1) is 17.0. The van der Waals surface area contributed by atoms with E-state index in [1.807, 2.05) is 0 Å². The molecule has 26 heavy (non-hydrogen) atoms. The van der Waals surface area contributed by atoms with E-state index >= 15 is 0 Å². The van der Waals surface area contributed by atoms with Crippen molar-refractivity contribution in [2.24, 2.45) is 0 Å². The summed E-state index contributed by atoms with van der Waals surface area (Å²) in [5.41, 5.74) is 2.54. The highest BCUT2D eigenvalue weighted by Gasteiger charge is 2.24. The Balaban J connectivity index is 1.30. The maximum atomic E-state index is 12.4. The Morgan fingerprint density at radius 1 is 1.19 bits per heavy atom. The van der Waals surface area contributed by atoms with Gasteiger partial charge in [-0.3, -0.25) is 14.5 Å². The molecule has 1 fully saturated rings. The number of carbonyl (C=O) groups excluding carboxylic acids is 1. The van der Waals surface area contributed by atoms with Crippen LogP contribution >= 0.6 is 0 Å². The van der Waals surface area contributed by atoms with Gasteiger partial charge in [-0.05, 0) is 24.8 Å². The fraction of sp³-hybridized carbons (Fsp3) is 0.556. The van der Waals surface area contributed by atoms with Crippen LogP contribution in [0.15, 0.2) is 21.5 Å². The van der Waals surface area contributed by atoms with Crippen molar-refractivity contribution in [3.05, 3.63) is 45.5 Å². The van der Waals surface area contributed by atoms with E-state index in [0.717, 1.165) is 50.2 Å². The zero-order valence-corrected chi connectivity index (χ0v) is 15.0. The Kier molecular flexibility index (Phi) is 4.58. The number of amides is 1. The van der Waals surface area contributed by atoms with Gasteiger partial charge in [0.15, 0.2) is 11.6 Å². The van der Waals surface area contributed by atoms with Gasteiger partial charge in [0.1, 0.15) is 6.26 Å². The highest BCUT2D eigenvalue weighted by atomic mass is 16.3. The zero-order chi connectivity index (χ0) is 18.1. The third-order valence-corrected chi connectivity index (χ3v) is 5.15. The molecule has 0 atom stereocenters. The van der Waals surface area contributed by atoms with Gasteiger partial charge in [0, 0.05) is 45.7 Å². The minimum atomic E-state index is -0.0852. The molecule has 0 aromatic carbocycles. The standard InChI is InChI=1S/C18H23N5O3/c1-13-19-16(12-26-13)18(25)22-8-5-21(6-9-22)7-10-23-17(24)11-14-3-2-4-15(14)20-23/h11-12H,2-10H2,1H3. The predicted octanol–water partition coefficient (Wildman–Crippen LogP) is 0.486. The molecule has 4 rings (SSSR count). The molecule has 8 nitrogen and oxygen atoms in total. The summed E-state index contributed by atoms with van der Waals surface area (Å²) in [4.78, 5) is 32.7. The van der Waals surface area contributed by atoms with Gasteiger partial charge >= 0.3 is 0 Å². The molecule has 2 aromatic heterocycles. The van der Waals surface area contributed by atoms with Gasteiger partial charge in [-0.25, -0.2) is 9.67 Å². The van der Waals surface area contributed by atoms with E-state index in [4.69, 9.17) is 4.42 Å². The zero-order valence-electron chi connectivity index (χ0n) is 15.0. The summed E-state index contributed by atoms with van der Waals surface area (Å²) in [6.07, 6.45) is 4.44. The van der Waals surface area contributed by atoms with Crippen LogP contribution in [0.5, 0.6) is 0 Å². The van der Waals surface area contributed by atoms with E-state index in [-0.39, 0.29) is 11.5 Å². The topological polar surface area (TPSA) is 84.5 Å². The number of carbonyl (C=O) groups is 1. The first-order valence-corrected chi connectivity index (χ1v) is 9.14. The minimum Gasteiger partial charge on any atom is -0.448 e. The number of piperazine rings is 1. The molecule has 3 heterocycles. The smallest absolute Gasteiger partial charge is 0.275 e. The molecule has 1 aliphatic carbocycles. The number of fused-ring (bicyclic) bond motifs is 1. The minimum absolute atomic E-state index is 0.0131. The number of rotatable bonds is 4. The van der Waals surface area contributed by atoms with Gasteiger partial charge in [0.05, 0.1) is 12.2 Å². The van der Waals surface area contributed by atoms with Gasteiger partial charge < -0.3 is 9.32 Å². The van der Waals surface area contributed by atoms with Gasteiger partial charge in [-0.1, -0.05) is 0 Å². The molecule has 0 bridgehead atoms. The van der Waals surface area contributed by atoms with Crippen molar-refractivity contribution in [1.82, 2.24) is 24.6 Å². The van der Waals surface area contributed by atoms with Crippen LogP contribution in [0.3, 0.4) is 0 Å². The first-order chi connectivity index (χ1) is 12.6. The van der Waals surface area contributed by atoms with E-state index in [9.17, 15) is 9.59 Å². The van der Waals surface area contributed by atoms with Gasteiger partial charge in [-0.15, -0.1) is 0 Å². The molecule has 0 radical (unpaired) electrons. The van der Waals surface area contributed by atoms with Crippen molar-refractivity contribution >= 4 is 5.91 Å². The monoisotopic (exact) mass is 357 g/mol. The lowest BCUT2D eigenvalue weighted by atomic mass is 10.2. The summed E-state index contributed by atoms with van der Waals surface area (Å²) < 4.78 is 6.70. The van der Waals surface area contributed by atoms with Crippen LogP contribution in [-0.2, 0) is 19.4 Å². The molecule has 0 unspecified atom stereocenters. The number of nitrogens with zero attached hydrogens (tertiary/aromatic N) is 5. The summed E-state index contributed by atoms with van der Waals surface area (Å²) in [7, 11) is 0. The second-order valence-corrected chi connectivity index (χ2v) is 6.92. The van der Waals surface area contributed by atoms with E-state index in [2.05, 4.69) is 15.0 Å². The highest BCUT2D eigenvalue weighted by molar-refractivity contribution is 5.92. The number of aryl methyl sites for hydroxylation is 3. The quantitative estimate of drug-likeness (QED) is 0.792. The summed E-state index contributed by atoms with van der Waals surface area (Å²) in [5, 5.41) is 4.52. The highest BCUT2D eigenvalue weighted by Crippen LogP contribution is 2.17. The lowest BCUT2D eigenvalue weighted by molar-refractivity contribution is 0.0625. The van der Waals surface area contributed by atoms with Crippen molar-refractivity contribution < 1.29 is 9.21 Å². The second-order valence-electron chi connectivity index (χ2n) is 6.92. The fourth-order valence-corrected chi connectivity index (χ4v) is 3.63. The summed E-state index contributed by atoms with van der Waals surface area (Å²) in [5.74, 6) is 0.414. The normalized spacial score (nSPS) is 17.5. The Labute approximate surface area is 151 Å². The van der Waals surface area contributed by atoms with Gasteiger partial charge in [0.2, 0.25) is 0 Å². The molecule has 0 N–H and O–H groups in total. The van der Waals surface area contributed by atoms with Crippen LogP contribution in [0.4, 0.5) is 0 Å². The molecule has 0 saturated carbocycles. The van der Waals surface area contributed by atoms with Gasteiger partial charge in [-0.2, -0.15) is 5.10 Å². The van der Waals surface area contributed by atoms with Crippen molar-refractivity contribution in [2.45, 2.75) is 32.7 Å². The van der Waals surface area contributed by atoms with Crippen molar-refractivity contribution in [2.75, 3.05) is 32.7 Å². The van der Waals surface area contributed by atoms with E-state index in [0.29, 0.717) is 31.2 Å². The van der Waals surface area contributed by atoms with Crippen LogP contribution in [0.1, 0.15) is 34.1 Å². The Bertz CT molecular complexity index is 864. The van der Waals surface area contributed by atoms with Crippen LogP contribution < -0.4 is 5.56 Å². The third kappa shape index (κ3) is 3.41. The molecule has 2 aromatic rings. The molecule has 2 aliphatic rings.